The van der Waals surface area contributed by atoms with Crippen LogP contribution in [0.1, 0.15) is 44.6 Å². The summed E-state index contributed by atoms with van der Waals surface area (Å²) in [5, 5.41) is 10.1. The normalized spacial score (nSPS) is 14.9. The quantitative estimate of drug-likeness (QED) is 0.839. The number of aromatic nitrogens is 2. The van der Waals surface area contributed by atoms with Crippen LogP contribution in [0.4, 0.5) is 0 Å². The van der Waals surface area contributed by atoms with Crippen molar-refractivity contribution in [1.29, 1.82) is 0 Å². The third-order valence-electron chi connectivity index (χ3n) is 3.79. The van der Waals surface area contributed by atoms with Crippen molar-refractivity contribution in [3.05, 3.63) is 26.4 Å². The molecule has 1 aliphatic heterocycles. The van der Waals surface area contributed by atoms with Crippen LogP contribution in [-0.2, 0) is 11.3 Å². The van der Waals surface area contributed by atoms with E-state index in [4.69, 9.17) is 0 Å². The Kier molecular flexibility index (Phi) is 4.50. The number of nitrogens with zero attached hydrogens (tertiary/aromatic N) is 2. The second-order valence-electron chi connectivity index (χ2n) is 5.64. The van der Waals surface area contributed by atoms with Crippen LogP contribution in [0, 0.1) is 0 Å². The molecule has 2 N–H and O–H groups in total. The van der Waals surface area contributed by atoms with Gasteiger partial charge in [0.2, 0.25) is 11.8 Å². The first-order valence-electron chi connectivity index (χ1n) is 7.25. The van der Waals surface area contributed by atoms with Crippen molar-refractivity contribution < 1.29 is 9.90 Å². The maximum atomic E-state index is 12.0. The van der Waals surface area contributed by atoms with Gasteiger partial charge in [0, 0.05) is 26.1 Å². The average Bonchev–Trinajstić information content (AvgIpc) is 2.90. The average molecular weight is 295 g/mol. The molecule has 7 heteroatoms. The van der Waals surface area contributed by atoms with Crippen LogP contribution in [0.2, 0.25) is 0 Å². The number of aromatic amines is 1. The van der Waals surface area contributed by atoms with Crippen molar-refractivity contribution in [3.8, 4) is 5.88 Å². The molecular weight excluding hydrogens is 274 g/mol. The lowest BCUT2D eigenvalue weighted by Gasteiger charge is -2.17. The molecule has 0 atom stereocenters. The first-order valence-corrected chi connectivity index (χ1v) is 7.25. The van der Waals surface area contributed by atoms with Crippen molar-refractivity contribution >= 4 is 5.91 Å². The zero-order chi connectivity index (χ0) is 15.6. The number of carbonyl (C=O) groups is 1. The Bertz CT molecular complexity index is 639. The molecule has 1 aromatic rings. The molecule has 116 valence electrons. The molecule has 0 radical (unpaired) electrons. The van der Waals surface area contributed by atoms with E-state index in [1.165, 1.54) is 0 Å². The van der Waals surface area contributed by atoms with Gasteiger partial charge in [-0.2, -0.15) is 0 Å². The van der Waals surface area contributed by atoms with Crippen LogP contribution in [0.3, 0.4) is 0 Å². The van der Waals surface area contributed by atoms with Crippen LogP contribution >= 0.6 is 0 Å². The highest BCUT2D eigenvalue weighted by Gasteiger charge is 2.20. The van der Waals surface area contributed by atoms with Gasteiger partial charge in [-0.05, 0) is 18.8 Å². The zero-order valence-corrected chi connectivity index (χ0v) is 12.4. The standard InChI is InChI=1S/C14H21N3O4/c1-9(2)11-12(19)15-14(21)17(13(11)20)8-5-10(18)16-6-3-4-7-16/h9,20H,3-8H2,1-2H3,(H,15,19,21). The summed E-state index contributed by atoms with van der Waals surface area (Å²) in [4.78, 5) is 39.4. The van der Waals surface area contributed by atoms with Crippen molar-refractivity contribution in [2.24, 2.45) is 0 Å². The van der Waals surface area contributed by atoms with Gasteiger partial charge in [-0.25, -0.2) is 4.79 Å². The Morgan fingerprint density at radius 1 is 1.29 bits per heavy atom. The van der Waals surface area contributed by atoms with Gasteiger partial charge >= 0.3 is 5.69 Å². The minimum atomic E-state index is -0.684. The SMILES string of the molecule is CC(C)c1c(O)n(CCC(=O)N2CCCC2)c(=O)[nH]c1=O. The molecular formula is C14H21N3O4. The molecule has 1 saturated heterocycles. The molecule has 0 aliphatic carbocycles. The molecule has 1 aliphatic rings. The number of carbonyl (C=O) groups excluding carboxylic acids is 1. The number of rotatable bonds is 4. The van der Waals surface area contributed by atoms with Crippen LogP contribution in [0.25, 0.3) is 0 Å². The predicted octanol–water partition coefficient (Wildman–Crippen LogP) is 0.378. The van der Waals surface area contributed by atoms with Crippen molar-refractivity contribution in [2.75, 3.05) is 13.1 Å². The summed E-state index contributed by atoms with van der Waals surface area (Å²) >= 11 is 0. The third-order valence-corrected chi connectivity index (χ3v) is 3.79. The summed E-state index contributed by atoms with van der Waals surface area (Å²) < 4.78 is 1.06. The molecule has 21 heavy (non-hydrogen) atoms. The summed E-state index contributed by atoms with van der Waals surface area (Å²) in [6.07, 6.45) is 2.15. The second-order valence-corrected chi connectivity index (χ2v) is 5.64. The van der Waals surface area contributed by atoms with Crippen LogP contribution < -0.4 is 11.2 Å². The largest absolute Gasteiger partial charge is 0.494 e. The van der Waals surface area contributed by atoms with E-state index in [1.807, 2.05) is 0 Å². The molecule has 0 unspecified atom stereocenters. The van der Waals surface area contributed by atoms with E-state index in [-0.39, 0.29) is 36.2 Å². The highest BCUT2D eigenvalue weighted by Crippen LogP contribution is 2.19. The third kappa shape index (κ3) is 3.17. The first-order chi connectivity index (χ1) is 9.91. The smallest absolute Gasteiger partial charge is 0.331 e. The second kappa shape index (κ2) is 6.15. The van der Waals surface area contributed by atoms with Crippen molar-refractivity contribution in [2.45, 2.75) is 45.6 Å². The van der Waals surface area contributed by atoms with Gasteiger partial charge in [-0.15, -0.1) is 0 Å². The minimum absolute atomic E-state index is 0.0314. The number of amides is 1. The Morgan fingerprint density at radius 3 is 2.48 bits per heavy atom. The Labute approximate surface area is 122 Å². The highest BCUT2D eigenvalue weighted by molar-refractivity contribution is 5.76. The Morgan fingerprint density at radius 2 is 1.90 bits per heavy atom. The summed E-state index contributed by atoms with van der Waals surface area (Å²) in [7, 11) is 0. The maximum absolute atomic E-state index is 12.0. The fourth-order valence-electron chi connectivity index (χ4n) is 2.63. The number of hydrogen-bond donors (Lipinski definition) is 2. The lowest BCUT2D eigenvalue weighted by atomic mass is 10.1. The van der Waals surface area contributed by atoms with Crippen LogP contribution in [0.5, 0.6) is 5.88 Å². The van der Waals surface area contributed by atoms with E-state index >= 15 is 0 Å². The van der Waals surface area contributed by atoms with E-state index in [0.29, 0.717) is 0 Å². The van der Waals surface area contributed by atoms with Gasteiger partial charge in [0.15, 0.2) is 0 Å². The van der Waals surface area contributed by atoms with E-state index in [0.717, 1.165) is 30.5 Å². The Balaban J connectivity index is 2.20. The van der Waals surface area contributed by atoms with Crippen molar-refractivity contribution in [3.63, 3.8) is 0 Å². The van der Waals surface area contributed by atoms with Gasteiger partial charge in [-0.3, -0.25) is 19.1 Å². The van der Waals surface area contributed by atoms with Gasteiger partial charge in [0.1, 0.15) is 0 Å². The van der Waals surface area contributed by atoms with E-state index in [1.54, 1.807) is 18.7 Å². The molecule has 2 heterocycles. The number of aromatic hydroxyl groups is 1. The van der Waals surface area contributed by atoms with Crippen molar-refractivity contribution in [1.82, 2.24) is 14.5 Å². The Hall–Kier alpha value is -2.05. The topological polar surface area (TPSA) is 95.4 Å². The summed E-state index contributed by atoms with van der Waals surface area (Å²) in [6.45, 7) is 5.09. The minimum Gasteiger partial charge on any atom is -0.494 e. The maximum Gasteiger partial charge on any atom is 0.331 e. The molecule has 7 nitrogen and oxygen atoms in total. The van der Waals surface area contributed by atoms with Crippen LogP contribution in [-0.4, -0.2) is 38.6 Å². The zero-order valence-electron chi connectivity index (χ0n) is 12.4. The van der Waals surface area contributed by atoms with E-state index in [2.05, 4.69) is 4.98 Å². The molecule has 0 spiro atoms. The number of likely N-dealkylation sites (tertiary alicyclic amines) is 1. The monoisotopic (exact) mass is 295 g/mol. The molecule has 0 bridgehead atoms. The molecule has 1 amide bonds. The number of hydrogen-bond acceptors (Lipinski definition) is 4. The first kappa shape index (κ1) is 15.3. The molecule has 0 saturated carbocycles. The lowest BCUT2D eigenvalue weighted by molar-refractivity contribution is -0.130. The van der Waals surface area contributed by atoms with E-state index < -0.39 is 11.2 Å². The van der Waals surface area contributed by atoms with Crippen LogP contribution in [0.15, 0.2) is 9.59 Å². The molecule has 1 fully saturated rings. The molecule has 2 rings (SSSR count). The fourth-order valence-corrected chi connectivity index (χ4v) is 2.63. The van der Waals surface area contributed by atoms with Gasteiger partial charge < -0.3 is 10.0 Å². The van der Waals surface area contributed by atoms with Gasteiger partial charge in [0.25, 0.3) is 5.56 Å². The number of nitrogens with one attached hydrogen (secondary N) is 1. The predicted molar refractivity (Wildman–Crippen MR) is 77.5 cm³/mol. The molecule has 0 aromatic carbocycles. The number of H-pyrrole nitrogens is 1. The lowest BCUT2D eigenvalue weighted by Crippen LogP contribution is -2.35. The molecule has 1 aromatic heterocycles. The summed E-state index contributed by atoms with van der Waals surface area (Å²) in [6, 6.07) is 0. The van der Waals surface area contributed by atoms with E-state index in [9.17, 15) is 19.5 Å². The highest BCUT2D eigenvalue weighted by atomic mass is 16.3. The van der Waals surface area contributed by atoms with Gasteiger partial charge in [0.05, 0.1) is 5.56 Å². The summed E-state index contributed by atoms with van der Waals surface area (Å²) in [5.41, 5.74) is -1.09. The fraction of sp³-hybridized carbons (Fsp3) is 0.643. The summed E-state index contributed by atoms with van der Waals surface area (Å²) in [5.74, 6) is -0.584. The van der Waals surface area contributed by atoms with Gasteiger partial charge in [-0.1, -0.05) is 13.8 Å².